The lowest BCUT2D eigenvalue weighted by molar-refractivity contribution is -0.904. The predicted molar refractivity (Wildman–Crippen MR) is 67.6 cm³/mol. The van der Waals surface area contributed by atoms with Gasteiger partial charge in [0.2, 0.25) is 0 Å². The molecule has 0 aliphatic carbocycles. The van der Waals surface area contributed by atoms with Gasteiger partial charge in [0.1, 0.15) is 13.1 Å². The first kappa shape index (κ1) is 10.9. The second-order valence-electron chi connectivity index (χ2n) is 4.40. The molecular formula is C13H18N3+. The van der Waals surface area contributed by atoms with E-state index in [0.29, 0.717) is 4.59 Å². The molecule has 1 unspecified atom stereocenters. The molecule has 0 bridgehead atoms. The summed E-state index contributed by atoms with van der Waals surface area (Å²) in [6.07, 6.45) is 5.21. The molecule has 0 saturated heterocycles. The van der Waals surface area contributed by atoms with Gasteiger partial charge in [-0.1, -0.05) is 41.5 Å². The fourth-order valence-electron chi connectivity index (χ4n) is 1.88. The van der Waals surface area contributed by atoms with Crippen LogP contribution in [0.1, 0.15) is 12.0 Å². The van der Waals surface area contributed by atoms with Gasteiger partial charge >= 0.3 is 0 Å². The Bertz CT molecular complexity index is 408. The Morgan fingerprint density at radius 1 is 1.38 bits per heavy atom. The molecule has 16 heavy (non-hydrogen) atoms. The molecule has 0 aromatic heterocycles. The van der Waals surface area contributed by atoms with Gasteiger partial charge in [0.15, 0.2) is 5.84 Å². The minimum absolute atomic E-state index is 0.676. The van der Waals surface area contributed by atoms with Crippen molar-refractivity contribution in [3.05, 3.63) is 42.0 Å². The summed E-state index contributed by atoms with van der Waals surface area (Å²) in [7, 11) is 2.11. The normalized spacial score (nSPS) is 24.9. The molecule has 0 spiro atoms. The number of nitrogens with two attached hydrogens (primary N) is 1. The first-order valence-electron chi connectivity index (χ1n) is 5.59. The average Bonchev–Trinajstić information content (AvgIpc) is 2.60. The Morgan fingerprint density at radius 2 is 2.12 bits per heavy atom. The van der Waals surface area contributed by atoms with Crippen molar-refractivity contribution < 1.29 is 4.59 Å². The summed E-state index contributed by atoms with van der Waals surface area (Å²) in [5, 5.41) is 4.43. The standard InChI is InChI=1S/C13H18N3/c1-16(11-9-13(14)15-16)10-5-8-12-6-3-2-4-7-12/h2-8H,9-11H2,1H3,(H2,14,15)/q+1/b8-5+. The maximum atomic E-state index is 5.70. The van der Waals surface area contributed by atoms with Gasteiger partial charge < -0.3 is 5.73 Å². The Hall–Kier alpha value is -1.61. The van der Waals surface area contributed by atoms with Crippen molar-refractivity contribution in [2.75, 3.05) is 20.1 Å². The van der Waals surface area contributed by atoms with Gasteiger partial charge in [-0.2, -0.15) is 4.59 Å². The van der Waals surface area contributed by atoms with Crippen molar-refractivity contribution in [3.8, 4) is 0 Å². The van der Waals surface area contributed by atoms with Crippen LogP contribution in [-0.4, -0.2) is 30.6 Å². The van der Waals surface area contributed by atoms with E-state index in [-0.39, 0.29) is 0 Å². The highest BCUT2D eigenvalue weighted by Crippen LogP contribution is 2.13. The molecular weight excluding hydrogens is 198 g/mol. The summed E-state index contributed by atoms with van der Waals surface area (Å²) in [6, 6.07) is 10.3. The van der Waals surface area contributed by atoms with Crippen molar-refractivity contribution in [1.82, 2.24) is 0 Å². The zero-order valence-electron chi connectivity index (χ0n) is 9.63. The SMILES string of the molecule is C[N+]1(C/C=C/c2ccccc2)CCC(N)=N1. The van der Waals surface area contributed by atoms with E-state index in [0.717, 1.165) is 25.3 Å². The quantitative estimate of drug-likeness (QED) is 0.769. The fourth-order valence-corrected chi connectivity index (χ4v) is 1.88. The van der Waals surface area contributed by atoms with Crippen LogP contribution < -0.4 is 5.73 Å². The second-order valence-corrected chi connectivity index (χ2v) is 4.40. The average molecular weight is 216 g/mol. The minimum Gasteiger partial charge on any atom is -0.383 e. The largest absolute Gasteiger partial charge is 0.383 e. The van der Waals surface area contributed by atoms with E-state index in [1.165, 1.54) is 5.56 Å². The molecule has 0 saturated carbocycles. The van der Waals surface area contributed by atoms with Gasteiger partial charge in [-0.3, -0.25) is 0 Å². The van der Waals surface area contributed by atoms with Crippen molar-refractivity contribution in [1.29, 1.82) is 0 Å². The molecule has 84 valence electrons. The van der Waals surface area contributed by atoms with Crippen LogP contribution >= 0.6 is 0 Å². The number of likely N-dealkylation sites (N-methyl/N-ethyl adjacent to an activating group) is 1. The molecule has 2 N–H and O–H groups in total. The van der Waals surface area contributed by atoms with Crippen molar-refractivity contribution >= 4 is 11.9 Å². The highest BCUT2D eigenvalue weighted by Gasteiger charge is 2.26. The third-order valence-electron chi connectivity index (χ3n) is 2.83. The third kappa shape index (κ3) is 2.70. The first-order valence-corrected chi connectivity index (χ1v) is 5.59. The third-order valence-corrected chi connectivity index (χ3v) is 2.83. The van der Waals surface area contributed by atoms with Gasteiger partial charge in [0.25, 0.3) is 0 Å². The number of rotatable bonds is 3. The Kier molecular flexibility index (Phi) is 3.06. The molecule has 1 aromatic carbocycles. The Balaban J connectivity index is 1.95. The van der Waals surface area contributed by atoms with Gasteiger partial charge in [-0.25, -0.2) is 0 Å². The first-order chi connectivity index (χ1) is 7.68. The molecule has 2 rings (SSSR count). The molecule has 1 aliphatic heterocycles. The molecule has 1 atom stereocenters. The fraction of sp³-hybridized carbons (Fsp3) is 0.308. The van der Waals surface area contributed by atoms with Crippen molar-refractivity contribution in [2.45, 2.75) is 6.42 Å². The number of hydrogen-bond donors (Lipinski definition) is 1. The molecule has 0 fully saturated rings. The number of amidine groups is 1. The minimum atomic E-state index is 0.676. The topological polar surface area (TPSA) is 38.4 Å². The highest BCUT2D eigenvalue weighted by molar-refractivity contribution is 5.80. The lowest BCUT2D eigenvalue weighted by Crippen LogP contribution is -2.35. The monoisotopic (exact) mass is 216 g/mol. The van der Waals surface area contributed by atoms with E-state index >= 15 is 0 Å². The smallest absolute Gasteiger partial charge is 0.161 e. The van der Waals surface area contributed by atoms with Gasteiger partial charge in [0, 0.05) is 0 Å². The van der Waals surface area contributed by atoms with E-state index in [9.17, 15) is 0 Å². The van der Waals surface area contributed by atoms with Crippen LogP contribution in [0, 0.1) is 0 Å². The Labute approximate surface area is 96.5 Å². The molecule has 3 nitrogen and oxygen atoms in total. The summed E-state index contributed by atoms with van der Waals surface area (Å²) in [6.45, 7) is 1.90. The van der Waals surface area contributed by atoms with Crippen molar-refractivity contribution in [2.24, 2.45) is 10.8 Å². The zero-order valence-corrected chi connectivity index (χ0v) is 9.63. The van der Waals surface area contributed by atoms with E-state index in [1.807, 2.05) is 18.2 Å². The van der Waals surface area contributed by atoms with E-state index < -0.39 is 0 Å². The summed E-state index contributed by atoms with van der Waals surface area (Å²) in [5.74, 6) is 0.774. The second kappa shape index (κ2) is 4.49. The molecule has 3 heteroatoms. The van der Waals surface area contributed by atoms with Crippen molar-refractivity contribution in [3.63, 3.8) is 0 Å². The van der Waals surface area contributed by atoms with Crippen LogP contribution in [0.5, 0.6) is 0 Å². The van der Waals surface area contributed by atoms with Crippen LogP contribution in [0.4, 0.5) is 0 Å². The molecule has 0 amide bonds. The van der Waals surface area contributed by atoms with Crippen LogP contribution in [0.2, 0.25) is 0 Å². The highest BCUT2D eigenvalue weighted by atomic mass is 15.6. The summed E-state index contributed by atoms with van der Waals surface area (Å²) >= 11 is 0. The van der Waals surface area contributed by atoms with E-state index in [1.54, 1.807) is 0 Å². The van der Waals surface area contributed by atoms with Crippen LogP contribution in [-0.2, 0) is 0 Å². The van der Waals surface area contributed by atoms with Crippen LogP contribution in [0.25, 0.3) is 6.08 Å². The summed E-state index contributed by atoms with van der Waals surface area (Å²) in [5.41, 5.74) is 6.93. The number of quaternary nitrogens is 1. The summed E-state index contributed by atoms with van der Waals surface area (Å²) < 4.78 is 0.676. The lowest BCUT2D eigenvalue weighted by Gasteiger charge is -2.20. The molecule has 1 aromatic rings. The Morgan fingerprint density at radius 3 is 2.75 bits per heavy atom. The maximum Gasteiger partial charge on any atom is 0.161 e. The predicted octanol–water partition coefficient (Wildman–Crippen LogP) is 1.82. The number of nitrogens with zero attached hydrogens (tertiary/aromatic N) is 2. The number of hydrogen-bond acceptors (Lipinski definition) is 2. The van der Waals surface area contributed by atoms with Crippen LogP contribution in [0.15, 0.2) is 41.5 Å². The van der Waals surface area contributed by atoms with Crippen LogP contribution in [0.3, 0.4) is 0 Å². The van der Waals surface area contributed by atoms with E-state index in [4.69, 9.17) is 5.73 Å². The number of benzene rings is 1. The zero-order chi connectivity index (χ0) is 11.4. The summed E-state index contributed by atoms with van der Waals surface area (Å²) in [4.78, 5) is 0. The lowest BCUT2D eigenvalue weighted by atomic mass is 10.2. The maximum absolute atomic E-state index is 5.70. The van der Waals surface area contributed by atoms with Gasteiger partial charge in [-0.05, 0) is 11.6 Å². The van der Waals surface area contributed by atoms with E-state index in [2.05, 4.69) is 36.4 Å². The van der Waals surface area contributed by atoms with Gasteiger partial charge in [0.05, 0.1) is 13.5 Å². The van der Waals surface area contributed by atoms with Gasteiger partial charge in [-0.15, -0.1) is 0 Å². The molecule has 1 aliphatic rings. The molecule has 0 radical (unpaired) electrons. The molecule has 1 heterocycles.